The van der Waals surface area contributed by atoms with Gasteiger partial charge in [-0.05, 0) is 30.7 Å². The van der Waals surface area contributed by atoms with Crippen LogP contribution in [-0.2, 0) is 4.79 Å². The van der Waals surface area contributed by atoms with Gasteiger partial charge >= 0.3 is 5.97 Å². The van der Waals surface area contributed by atoms with E-state index in [1.165, 1.54) is 0 Å². The largest absolute Gasteiger partial charge is 0.492 e. The lowest BCUT2D eigenvalue weighted by atomic mass is 9.94. The van der Waals surface area contributed by atoms with Gasteiger partial charge in [0, 0.05) is 18.7 Å². The molecule has 1 atom stereocenters. The highest BCUT2D eigenvalue weighted by Gasteiger charge is 2.27. The molecule has 2 aromatic rings. The summed E-state index contributed by atoms with van der Waals surface area (Å²) in [6, 6.07) is 18.3. The fourth-order valence-electron chi connectivity index (χ4n) is 2.98. The second-order valence-electron chi connectivity index (χ2n) is 6.16. The minimum absolute atomic E-state index is 0.0340. The van der Waals surface area contributed by atoms with Crippen molar-refractivity contribution in [1.29, 1.82) is 0 Å². The van der Waals surface area contributed by atoms with Crippen molar-refractivity contribution < 1.29 is 19.4 Å². The third-order valence-corrected chi connectivity index (χ3v) is 4.46. The average molecular weight is 351 g/mol. The van der Waals surface area contributed by atoms with Crippen LogP contribution in [0.4, 0.5) is 0 Å². The van der Waals surface area contributed by atoms with E-state index in [4.69, 9.17) is 4.74 Å². The Labute approximate surface area is 152 Å². The topological polar surface area (TPSA) is 66.8 Å². The Bertz CT molecular complexity index is 786. The first-order chi connectivity index (χ1) is 12.6. The van der Waals surface area contributed by atoms with Gasteiger partial charge < -0.3 is 14.7 Å². The summed E-state index contributed by atoms with van der Waals surface area (Å²) in [5.74, 6) is -0.997. The van der Waals surface area contributed by atoms with Crippen molar-refractivity contribution in [1.82, 2.24) is 4.90 Å². The van der Waals surface area contributed by atoms with Gasteiger partial charge in [0.05, 0.1) is 0 Å². The molecule has 2 aromatic carbocycles. The molecule has 0 fully saturated rings. The smallest absolute Gasteiger partial charge is 0.314 e. The van der Waals surface area contributed by atoms with Gasteiger partial charge in [-0.3, -0.25) is 9.59 Å². The number of amides is 1. The highest BCUT2D eigenvalue weighted by atomic mass is 16.5. The van der Waals surface area contributed by atoms with Crippen LogP contribution in [0.15, 0.2) is 72.3 Å². The van der Waals surface area contributed by atoms with Gasteiger partial charge in [-0.2, -0.15) is 0 Å². The Morgan fingerprint density at radius 1 is 1.04 bits per heavy atom. The number of ether oxygens (including phenoxy) is 1. The lowest BCUT2D eigenvalue weighted by Crippen LogP contribution is -2.37. The third kappa shape index (κ3) is 4.30. The lowest BCUT2D eigenvalue weighted by Gasteiger charge is -2.28. The van der Waals surface area contributed by atoms with Gasteiger partial charge in [0.2, 0.25) is 0 Å². The summed E-state index contributed by atoms with van der Waals surface area (Å²) in [5.41, 5.74) is 1.46. The molecule has 5 nitrogen and oxygen atoms in total. The molecule has 1 aliphatic heterocycles. The zero-order valence-electron chi connectivity index (χ0n) is 14.4. The van der Waals surface area contributed by atoms with Crippen LogP contribution < -0.4 is 4.74 Å². The van der Waals surface area contributed by atoms with Crippen molar-refractivity contribution in [3.63, 3.8) is 0 Å². The van der Waals surface area contributed by atoms with Gasteiger partial charge in [0.25, 0.3) is 5.91 Å². The first-order valence-electron chi connectivity index (χ1n) is 8.59. The maximum Gasteiger partial charge on any atom is 0.314 e. The van der Waals surface area contributed by atoms with E-state index in [2.05, 4.69) is 0 Å². The van der Waals surface area contributed by atoms with Crippen LogP contribution in [-0.4, -0.2) is 41.6 Å². The van der Waals surface area contributed by atoms with Crippen molar-refractivity contribution in [2.24, 2.45) is 5.92 Å². The van der Waals surface area contributed by atoms with Crippen molar-refractivity contribution in [3.8, 4) is 5.75 Å². The van der Waals surface area contributed by atoms with Crippen LogP contribution in [0.25, 0.3) is 0 Å². The molecule has 3 rings (SSSR count). The molecule has 26 heavy (non-hydrogen) atoms. The number of para-hydroxylation sites is 1. The molecule has 1 N–H and O–H groups in total. The number of carbonyl (C=O) groups excluding carboxylic acids is 1. The van der Waals surface area contributed by atoms with Crippen LogP contribution in [0.5, 0.6) is 5.75 Å². The Balaban J connectivity index is 1.63. The van der Waals surface area contributed by atoms with Crippen molar-refractivity contribution >= 4 is 11.9 Å². The first kappa shape index (κ1) is 17.7. The molecule has 0 saturated heterocycles. The summed E-state index contributed by atoms with van der Waals surface area (Å²) < 4.78 is 5.62. The maximum absolute atomic E-state index is 12.5. The van der Waals surface area contributed by atoms with E-state index in [-0.39, 0.29) is 12.5 Å². The SMILES string of the molecule is O=C(O)C(COc1ccccc1)C1=CCN(C(=O)c2ccccc2)CC1. The van der Waals surface area contributed by atoms with E-state index in [1.54, 1.807) is 29.2 Å². The fourth-order valence-corrected chi connectivity index (χ4v) is 2.98. The minimum atomic E-state index is -0.907. The summed E-state index contributed by atoms with van der Waals surface area (Å²) in [5, 5.41) is 9.56. The maximum atomic E-state index is 12.5. The molecule has 0 aliphatic carbocycles. The summed E-state index contributed by atoms with van der Waals surface area (Å²) in [6.45, 7) is 1.00. The monoisotopic (exact) mass is 351 g/mol. The van der Waals surface area contributed by atoms with Crippen molar-refractivity contribution in [3.05, 3.63) is 77.9 Å². The number of rotatable bonds is 6. The number of hydrogen-bond acceptors (Lipinski definition) is 3. The van der Waals surface area contributed by atoms with Crippen LogP contribution >= 0.6 is 0 Å². The number of aliphatic carboxylic acids is 1. The molecule has 0 radical (unpaired) electrons. The normalized spacial score (nSPS) is 15.1. The molecule has 5 heteroatoms. The van der Waals surface area contributed by atoms with Crippen molar-refractivity contribution in [2.45, 2.75) is 6.42 Å². The van der Waals surface area contributed by atoms with Gasteiger partial charge in [0.15, 0.2) is 0 Å². The average Bonchev–Trinajstić information content (AvgIpc) is 2.69. The number of benzene rings is 2. The Morgan fingerprint density at radius 2 is 1.69 bits per heavy atom. The number of nitrogens with zero attached hydrogens (tertiary/aromatic N) is 1. The standard InChI is InChI=1S/C21H21NO4/c23-20(17-7-3-1-4-8-17)22-13-11-16(12-14-22)19(21(24)25)15-26-18-9-5-2-6-10-18/h1-11,19H,12-15H2,(H,24,25). The Hall–Kier alpha value is -3.08. The van der Waals surface area contributed by atoms with E-state index in [0.717, 1.165) is 5.57 Å². The Kier molecular flexibility index (Phi) is 5.69. The molecule has 1 unspecified atom stereocenters. The van der Waals surface area contributed by atoms with Crippen molar-refractivity contribution in [2.75, 3.05) is 19.7 Å². The Morgan fingerprint density at radius 3 is 2.27 bits per heavy atom. The van der Waals surface area contributed by atoms with E-state index in [1.807, 2.05) is 42.5 Å². The molecule has 0 aromatic heterocycles. The summed E-state index contributed by atoms with van der Waals surface area (Å²) >= 11 is 0. The van der Waals surface area contributed by atoms with E-state index < -0.39 is 11.9 Å². The molecular formula is C21H21NO4. The second kappa shape index (κ2) is 8.34. The second-order valence-corrected chi connectivity index (χ2v) is 6.16. The lowest BCUT2D eigenvalue weighted by molar-refractivity contribution is -0.141. The molecule has 1 heterocycles. The third-order valence-electron chi connectivity index (χ3n) is 4.46. The molecule has 134 valence electrons. The number of carboxylic acids is 1. The van der Waals surface area contributed by atoms with Crippen LogP contribution in [0.3, 0.4) is 0 Å². The number of hydrogen-bond donors (Lipinski definition) is 1. The predicted octanol–water partition coefficient (Wildman–Crippen LogP) is 3.24. The highest BCUT2D eigenvalue weighted by Crippen LogP contribution is 2.23. The summed E-state index contributed by atoms with van der Waals surface area (Å²) in [7, 11) is 0. The predicted molar refractivity (Wildman–Crippen MR) is 98.1 cm³/mol. The number of carboxylic acid groups (broad SMARTS) is 1. The molecular weight excluding hydrogens is 330 g/mol. The van der Waals surface area contributed by atoms with Crippen LogP contribution in [0, 0.1) is 5.92 Å². The highest BCUT2D eigenvalue weighted by molar-refractivity contribution is 5.94. The van der Waals surface area contributed by atoms with Gasteiger partial charge in [-0.15, -0.1) is 0 Å². The van der Waals surface area contributed by atoms with Gasteiger partial charge in [-0.25, -0.2) is 0 Å². The summed E-state index contributed by atoms with van der Waals surface area (Å²) in [6.07, 6.45) is 2.38. The van der Waals surface area contributed by atoms with Gasteiger partial charge in [0.1, 0.15) is 18.3 Å². The first-order valence-corrected chi connectivity index (χ1v) is 8.59. The molecule has 1 amide bonds. The van der Waals surface area contributed by atoms with E-state index in [9.17, 15) is 14.7 Å². The molecule has 1 aliphatic rings. The zero-order chi connectivity index (χ0) is 18.4. The minimum Gasteiger partial charge on any atom is -0.492 e. The number of carbonyl (C=O) groups is 2. The zero-order valence-corrected chi connectivity index (χ0v) is 14.4. The van der Waals surface area contributed by atoms with E-state index >= 15 is 0 Å². The molecule has 0 bridgehead atoms. The van der Waals surface area contributed by atoms with Crippen LogP contribution in [0.2, 0.25) is 0 Å². The van der Waals surface area contributed by atoms with E-state index in [0.29, 0.717) is 30.8 Å². The van der Waals surface area contributed by atoms with Crippen LogP contribution in [0.1, 0.15) is 16.8 Å². The summed E-state index contributed by atoms with van der Waals surface area (Å²) in [4.78, 5) is 25.9. The molecule has 0 saturated carbocycles. The molecule has 0 spiro atoms. The van der Waals surface area contributed by atoms with Gasteiger partial charge in [-0.1, -0.05) is 48.0 Å². The fraction of sp³-hybridized carbons (Fsp3) is 0.238. The quantitative estimate of drug-likeness (QED) is 0.812.